The van der Waals surface area contributed by atoms with Crippen LogP contribution in [0.15, 0.2) is 91.0 Å². The van der Waals surface area contributed by atoms with Crippen LogP contribution in [-0.2, 0) is 11.3 Å². The van der Waals surface area contributed by atoms with E-state index in [-0.39, 0.29) is 18.6 Å². The van der Waals surface area contributed by atoms with Crippen molar-refractivity contribution in [3.63, 3.8) is 0 Å². The fraction of sp³-hybridized carbons (Fsp3) is 0.276. The quantitative estimate of drug-likeness (QED) is 0.448. The molecule has 0 aromatic heterocycles. The Bertz CT molecular complexity index is 973. The Hall–Kier alpha value is -3.21. The Kier molecular flexibility index (Phi) is 9.43. The van der Waals surface area contributed by atoms with Crippen LogP contribution in [0.3, 0.4) is 0 Å². The first-order valence-electron chi connectivity index (χ1n) is 11.5. The van der Waals surface area contributed by atoms with E-state index in [1.165, 1.54) is 22.3 Å². The highest BCUT2D eigenvalue weighted by Gasteiger charge is 2.22. The Morgan fingerprint density at radius 1 is 0.939 bits per heavy atom. The summed E-state index contributed by atoms with van der Waals surface area (Å²) in [7, 11) is 1.95. The van der Waals surface area contributed by atoms with Gasteiger partial charge < -0.3 is 10.4 Å². The van der Waals surface area contributed by atoms with Crippen LogP contribution in [0.4, 0.5) is 0 Å². The van der Waals surface area contributed by atoms with Gasteiger partial charge in [-0.2, -0.15) is 0 Å². The number of aliphatic hydroxyl groups is 1. The number of carbonyl (C=O) groups is 1. The Morgan fingerprint density at radius 2 is 1.52 bits per heavy atom. The number of rotatable bonds is 11. The lowest BCUT2D eigenvalue weighted by Crippen LogP contribution is -2.45. The van der Waals surface area contributed by atoms with Crippen LogP contribution in [0.2, 0.25) is 0 Å². The van der Waals surface area contributed by atoms with E-state index in [1.54, 1.807) is 0 Å². The summed E-state index contributed by atoms with van der Waals surface area (Å²) in [6.45, 7) is 3.22. The number of nitrogens with one attached hydrogen (secondary N) is 1. The molecular formula is C29H34N2O2. The van der Waals surface area contributed by atoms with Gasteiger partial charge in [-0.05, 0) is 49.1 Å². The molecule has 0 saturated carbocycles. The van der Waals surface area contributed by atoms with Crippen molar-refractivity contribution in [1.29, 1.82) is 0 Å². The molecule has 0 aliphatic carbocycles. The van der Waals surface area contributed by atoms with E-state index in [0.29, 0.717) is 19.5 Å². The Morgan fingerprint density at radius 3 is 2.06 bits per heavy atom. The number of aliphatic hydroxyl groups excluding tert-OH is 1. The molecule has 1 amide bonds. The van der Waals surface area contributed by atoms with Crippen molar-refractivity contribution in [3.05, 3.63) is 113 Å². The first-order valence-corrected chi connectivity index (χ1v) is 11.5. The van der Waals surface area contributed by atoms with Crippen LogP contribution in [0, 0.1) is 6.92 Å². The zero-order chi connectivity index (χ0) is 23.5. The third-order valence-corrected chi connectivity index (χ3v) is 5.82. The highest BCUT2D eigenvalue weighted by Crippen LogP contribution is 2.23. The zero-order valence-electron chi connectivity index (χ0n) is 19.6. The average Bonchev–Trinajstić information content (AvgIpc) is 2.85. The Balaban J connectivity index is 1.64. The minimum atomic E-state index is -0.370. The molecule has 1 atom stereocenters. The molecule has 172 valence electrons. The molecule has 3 aromatic rings. The molecule has 0 spiro atoms. The lowest BCUT2D eigenvalue weighted by molar-refractivity contribution is -0.126. The molecule has 0 saturated heterocycles. The number of carbonyl (C=O) groups excluding carboxylic acids is 1. The summed E-state index contributed by atoms with van der Waals surface area (Å²) in [6.07, 6.45) is 3.44. The Labute approximate surface area is 197 Å². The summed E-state index contributed by atoms with van der Waals surface area (Å²) in [5, 5.41) is 12.6. The van der Waals surface area contributed by atoms with Gasteiger partial charge in [0.2, 0.25) is 5.91 Å². The SMILES string of the molecule is Cc1ccc(CNC(=O)C(CCO)N(C)CCC=C(c2ccccc2)c2ccccc2)cc1. The van der Waals surface area contributed by atoms with E-state index in [4.69, 9.17) is 0 Å². The molecule has 3 aromatic carbocycles. The molecule has 0 aliphatic heterocycles. The number of hydrogen-bond acceptors (Lipinski definition) is 3. The standard InChI is InChI=1S/C29H34N2O2/c1-23-15-17-24(18-16-23)22-30-29(33)28(19-21-32)31(2)20-9-14-27(25-10-5-3-6-11-25)26-12-7-4-8-13-26/h3-8,10-18,28,32H,9,19-22H2,1-2H3,(H,30,33). The highest BCUT2D eigenvalue weighted by atomic mass is 16.3. The van der Waals surface area contributed by atoms with Crippen molar-refractivity contribution in [3.8, 4) is 0 Å². The number of nitrogens with zero attached hydrogens (tertiary/aromatic N) is 1. The second-order valence-corrected chi connectivity index (χ2v) is 8.35. The van der Waals surface area contributed by atoms with E-state index in [1.807, 2.05) is 79.5 Å². The molecule has 3 rings (SSSR count). The average molecular weight is 443 g/mol. The minimum absolute atomic E-state index is 0.0257. The predicted octanol–water partition coefficient (Wildman–Crippen LogP) is 4.82. The second kappa shape index (κ2) is 12.7. The summed E-state index contributed by atoms with van der Waals surface area (Å²) < 4.78 is 0. The molecule has 0 aliphatic rings. The number of aryl methyl sites for hydroxylation is 1. The van der Waals surface area contributed by atoms with Crippen molar-refractivity contribution in [2.75, 3.05) is 20.2 Å². The number of amides is 1. The van der Waals surface area contributed by atoms with Gasteiger partial charge in [0.15, 0.2) is 0 Å². The van der Waals surface area contributed by atoms with Crippen molar-refractivity contribution in [1.82, 2.24) is 10.2 Å². The van der Waals surface area contributed by atoms with E-state index in [2.05, 4.69) is 35.7 Å². The summed E-state index contributed by atoms with van der Waals surface area (Å²) >= 11 is 0. The van der Waals surface area contributed by atoms with Crippen LogP contribution in [-0.4, -0.2) is 42.2 Å². The van der Waals surface area contributed by atoms with Gasteiger partial charge in [0.1, 0.15) is 0 Å². The molecule has 0 radical (unpaired) electrons. The molecule has 33 heavy (non-hydrogen) atoms. The minimum Gasteiger partial charge on any atom is -0.396 e. The molecule has 4 heteroatoms. The molecule has 4 nitrogen and oxygen atoms in total. The third-order valence-electron chi connectivity index (χ3n) is 5.82. The second-order valence-electron chi connectivity index (χ2n) is 8.35. The monoisotopic (exact) mass is 442 g/mol. The summed E-state index contributed by atoms with van der Waals surface area (Å²) in [6, 6.07) is 28.5. The smallest absolute Gasteiger partial charge is 0.237 e. The molecular weight excluding hydrogens is 408 g/mol. The largest absolute Gasteiger partial charge is 0.396 e. The van der Waals surface area contributed by atoms with Crippen LogP contribution in [0.5, 0.6) is 0 Å². The molecule has 1 unspecified atom stereocenters. The van der Waals surface area contributed by atoms with Crippen LogP contribution < -0.4 is 5.32 Å². The van der Waals surface area contributed by atoms with Crippen molar-refractivity contribution >= 4 is 11.5 Å². The van der Waals surface area contributed by atoms with Crippen molar-refractivity contribution < 1.29 is 9.90 Å². The van der Waals surface area contributed by atoms with E-state index in [9.17, 15) is 9.90 Å². The highest BCUT2D eigenvalue weighted by molar-refractivity contribution is 5.82. The fourth-order valence-corrected chi connectivity index (χ4v) is 3.89. The molecule has 2 N–H and O–H groups in total. The van der Waals surface area contributed by atoms with E-state index < -0.39 is 0 Å². The number of hydrogen-bond donors (Lipinski definition) is 2. The summed E-state index contributed by atoms with van der Waals surface area (Å²) in [5.74, 6) is -0.0533. The maximum Gasteiger partial charge on any atom is 0.237 e. The number of benzene rings is 3. The van der Waals surface area contributed by atoms with Crippen molar-refractivity contribution in [2.24, 2.45) is 0 Å². The molecule has 0 bridgehead atoms. The zero-order valence-corrected chi connectivity index (χ0v) is 19.6. The molecule has 0 heterocycles. The fourth-order valence-electron chi connectivity index (χ4n) is 3.89. The predicted molar refractivity (Wildman–Crippen MR) is 136 cm³/mol. The van der Waals surface area contributed by atoms with E-state index in [0.717, 1.165) is 12.0 Å². The lowest BCUT2D eigenvalue weighted by atomic mass is 9.97. The maximum atomic E-state index is 12.9. The molecule has 0 fully saturated rings. The first-order chi connectivity index (χ1) is 16.1. The summed E-state index contributed by atoms with van der Waals surface area (Å²) in [5.41, 5.74) is 5.80. The maximum absolute atomic E-state index is 12.9. The van der Waals surface area contributed by atoms with Crippen LogP contribution in [0.1, 0.15) is 35.1 Å². The van der Waals surface area contributed by atoms with Gasteiger partial charge in [0, 0.05) is 19.7 Å². The van der Waals surface area contributed by atoms with Crippen LogP contribution in [0.25, 0.3) is 5.57 Å². The van der Waals surface area contributed by atoms with Crippen molar-refractivity contribution in [2.45, 2.75) is 32.4 Å². The van der Waals surface area contributed by atoms with Gasteiger partial charge in [-0.1, -0.05) is 96.6 Å². The van der Waals surface area contributed by atoms with Gasteiger partial charge >= 0.3 is 0 Å². The van der Waals surface area contributed by atoms with Crippen LogP contribution >= 0.6 is 0 Å². The van der Waals surface area contributed by atoms with Gasteiger partial charge in [-0.15, -0.1) is 0 Å². The lowest BCUT2D eigenvalue weighted by Gasteiger charge is -2.26. The summed E-state index contributed by atoms with van der Waals surface area (Å²) in [4.78, 5) is 14.9. The van der Waals surface area contributed by atoms with Gasteiger partial charge in [-0.3, -0.25) is 9.69 Å². The van der Waals surface area contributed by atoms with Gasteiger partial charge in [-0.25, -0.2) is 0 Å². The third kappa shape index (κ3) is 7.41. The normalized spacial score (nSPS) is 11.8. The van der Waals surface area contributed by atoms with E-state index >= 15 is 0 Å². The van der Waals surface area contributed by atoms with Gasteiger partial charge in [0.25, 0.3) is 0 Å². The number of likely N-dealkylation sites (N-methyl/N-ethyl adjacent to an activating group) is 1. The topological polar surface area (TPSA) is 52.6 Å². The van der Waals surface area contributed by atoms with Gasteiger partial charge in [0.05, 0.1) is 6.04 Å². The first kappa shape index (κ1) is 24.4.